The molecule has 0 heterocycles. The van der Waals surface area contributed by atoms with E-state index in [4.69, 9.17) is 0 Å². The maximum Gasteiger partial charge on any atom is 0.227 e. The lowest BCUT2D eigenvalue weighted by Gasteiger charge is -2.24. The fraction of sp³-hybridized carbons (Fsp3) is 0.364. The number of nitrogens with one attached hydrogen (secondary N) is 3. The van der Waals surface area contributed by atoms with E-state index in [1.807, 2.05) is 31.2 Å². The molecule has 0 atom stereocenters. The van der Waals surface area contributed by atoms with Crippen molar-refractivity contribution in [1.82, 2.24) is 10.6 Å². The third kappa shape index (κ3) is 7.30. The number of hydrogen-bond donors (Lipinski definition) is 3. The summed E-state index contributed by atoms with van der Waals surface area (Å²) in [5, 5.41) is 9.46. The van der Waals surface area contributed by atoms with E-state index in [9.17, 15) is 9.18 Å². The first-order valence-corrected chi connectivity index (χ1v) is 9.80. The van der Waals surface area contributed by atoms with Gasteiger partial charge in [-0.2, -0.15) is 0 Å². The molecule has 2 aromatic rings. The molecule has 29 heavy (non-hydrogen) atoms. The van der Waals surface area contributed by atoms with Crippen LogP contribution in [0.5, 0.6) is 0 Å². The minimum atomic E-state index is -0.242. The van der Waals surface area contributed by atoms with Crippen molar-refractivity contribution in [2.24, 2.45) is 10.9 Å². The lowest BCUT2D eigenvalue weighted by atomic mass is 9.85. The molecule has 0 saturated heterocycles. The van der Waals surface area contributed by atoms with Crippen molar-refractivity contribution in [3.8, 4) is 0 Å². The molecule has 2 aromatic carbocycles. The first-order valence-electron chi connectivity index (χ1n) is 9.80. The number of benzene rings is 2. The second kappa shape index (κ2) is 11.7. The Bertz CT molecular complexity index is 822. The molecule has 156 valence electrons. The highest BCUT2D eigenvalue weighted by Gasteiger charge is 2.25. The second-order valence-electron chi connectivity index (χ2n) is 6.99. The highest BCUT2D eigenvalue weighted by atomic mass is 127. The number of carbonyl (C=O) groups is 1. The Kier molecular flexibility index (Phi) is 9.37. The maximum absolute atomic E-state index is 13.0. The highest BCUT2D eigenvalue weighted by Crippen LogP contribution is 2.27. The van der Waals surface area contributed by atoms with E-state index < -0.39 is 0 Å². The highest BCUT2D eigenvalue weighted by molar-refractivity contribution is 14.0. The zero-order valence-electron chi connectivity index (χ0n) is 16.6. The average molecular weight is 510 g/mol. The van der Waals surface area contributed by atoms with Crippen molar-refractivity contribution < 1.29 is 9.18 Å². The van der Waals surface area contributed by atoms with E-state index in [1.165, 1.54) is 12.1 Å². The first kappa shape index (κ1) is 23.1. The van der Waals surface area contributed by atoms with Gasteiger partial charge in [-0.3, -0.25) is 4.79 Å². The quantitative estimate of drug-likeness (QED) is 0.293. The molecule has 0 unspecified atom stereocenters. The molecule has 1 saturated carbocycles. The molecule has 5 nitrogen and oxygen atoms in total. The van der Waals surface area contributed by atoms with Gasteiger partial charge >= 0.3 is 0 Å². The number of anilines is 1. The van der Waals surface area contributed by atoms with E-state index in [0.29, 0.717) is 19.0 Å². The van der Waals surface area contributed by atoms with E-state index in [2.05, 4.69) is 20.9 Å². The van der Waals surface area contributed by atoms with Crippen molar-refractivity contribution in [2.45, 2.75) is 39.3 Å². The topological polar surface area (TPSA) is 65.5 Å². The first-order chi connectivity index (χ1) is 13.6. The molecular weight excluding hydrogens is 482 g/mol. The van der Waals surface area contributed by atoms with Crippen LogP contribution in [0.15, 0.2) is 53.5 Å². The largest absolute Gasteiger partial charge is 0.357 e. The number of carbonyl (C=O) groups excluding carboxylic acids is 1. The van der Waals surface area contributed by atoms with Gasteiger partial charge in [0.2, 0.25) is 5.91 Å². The van der Waals surface area contributed by atoms with Crippen molar-refractivity contribution in [3.63, 3.8) is 0 Å². The Labute approximate surface area is 188 Å². The van der Waals surface area contributed by atoms with Crippen LogP contribution in [0, 0.1) is 11.7 Å². The molecule has 0 radical (unpaired) electrons. The summed E-state index contributed by atoms with van der Waals surface area (Å²) in [6, 6.07) is 14.2. The van der Waals surface area contributed by atoms with Crippen LogP contribution in [0.1, 0.15) is 37.3 Å². The lowest BCUT2D eigenvalue weighted by molar-refractivity contribution is -0.122. The summed E-state index contributed by atoms with van der Waals surface area (Å²) >= 11 is 0. The average Bonchev–Trinajstić information content (AvgIpc) is 2.64. The third-order valence-electron chi connectivity index (χ3n) is 4.81. The number of halogens is 2. The summed E-state index contributed by atoms with van der Waals surface area (Å²) in [5.74, 6) is 0.725. The summed E-state index contributed by atoms with van der Waals surface area (Å²) < 4.78 is 13.0. The van der Waals surface area contributed by atoms with E-state index in [0.717, 1.165) is 42.6 Å². The fourth-order valence-electron chi connectivity index (χ4n) is 2.96. The van der Waals surface area contributed by atoms with Gasteiger partial charge in [-0.25, -0.2) is 9.38 Å². The predicted octanol–water partition coefficient (Wildman–Crippen LogP) is 4.44. The van der Waals surface area contributed by atoms with Crippen molar-refractivity contribution >= 4 is 41.5 Å². The molecule has 3 rings (SSSR count). The van der Waals surface area contributed by atoms with Gasteiger partial charge in [0.05, 0.1) is 6.54 Å². The molecule has 1 amide bonds. The van der Waals surface area contributed by atoms with Gasteiger partial charge in [0.25, 0.3) is 0 Å². The van der Waals surface area contributed by atoms with Gasteiger partial charge in [0.1, 0.15) is 5.82 Å². The molecule has 0 spiro atoms. The van der Waals surface area contributed by atoms with E-state index in [1.54, 1.807) is 12.1 Å². The molecule has 0 bridgehead atoms. The van der Waals surface area contributed by atoms with Gasteiger partial charge in [-0.15, -0.1) is 24.0 Å². The van der Waals surface area contributed by atoms with Gasteiger partial charge in [-0.1, -0.05) is 30.7 Å². The second-order valence-corrected chi connectivity index (χ2v) is 6.99. The number of rotatable bonds is 7. The van der Waals surface area contributed by atoms with Crippen LogP contribution < -0.4 is 16.0 Å². The molecule has 1 aliphatic carbocycles. The molecule has 7 heteroatoms. The number of nitrogens with zero attached hydrogens (tertiary/aromatic N) is 1. The van der Waals surface area contributed by atoms with Crippen LogP contribution in [-0.4, -0.2) is 18.4 Å². The van der Waals surface area contributed by atoms with Gasteiger partial charge in [0, 0.05) is 24.7 Å². The number of hydrogen-bond acceptors (Lipinski definition) is 2. The molecule has 0 aromatic heterocycles. The van der Waals surface area contributed by atoms with Crippen LogP contribution in [0.3, 0.4) is 0 Å². The van der Waals surface area contributed by atoms with Crippen molar-refractivity contribution in [3.05, 3.63) is 65.5 Å². The van der Waals surface area contributed by atoms with Gasteiger partial charge in [0.15, 0.2) is 5.96 Å². The zero-order chi connectivity index (χ0) is 19.8. The van der Waals surface area contributed by atoms with Crippen molar-refractivity contribution in [2.75, 3.05) is 11.9 Å². The Morgan fingerprint density at radius 1 is 1.10 bits per heavy atom. The number of aliphatic imine (C=N–C) groups is 1. The van der Waals surface area contributed by atoms with Crippen LogP contribution >= 0.6 is 24.0 Å². The summed E-state index contributed by atoms with van der Waals surface area (Å²) in [6.45, 7) is 3.80. The van der Waals surface area contributed by atoms with Gasteiger partial charge < -0.3 is 16.0 Å². The molecular formula is C22H28FIN4O. The summed E-state index contributed by atoms with van der Waals surface area (Å²) in [6.07, 6.45) is 3.12. The number of amides is 1. The van der Waals surface area contributed by atoms with Crippen LogP contribution in [-0.2, 0) is 17.9 Å². The van der Waals surface area contributed by atoms with Crippen LogP contribution in [0.2, 0.25) is 0 Å². The molecule has 0 aliphatic heterocycles. The summed E-state index contributed by atoms with van der Waals surface area (Å²) in [7, 11) is 0. The smallest absolute Gasteiger partial charge is 0.227 e. The SMILES string of the molecule is CCNC(=NCc1cccc(NC(=O)C2CCC2)c1)NCc1ccc(F)cc1.I. The zero-order valence-corrected chi connectivity index (χ0v) is 18.9. The summed E-state index contributed by atoms with van der Waals surface area (Å²) in [5.41, 5.74) is 2.81. The monoisotopic (exact) mass is 510 g/mol. The minimum absolute atomic E-state index is 0. The van der Waals surface area contributed by atoms with E-state index >= 15 is 0 Å². The normalized spacial score (nSPS) is 13.8. The molecule has 3 N–H and O–H groups in total. The number of guanidine groups is 1. The Morgan fingerprint density at radius 2 is 1.86 bits per heavy atom. The Hall–Kier alpha value is -2.16. The van der Waals surface area contributed by atoms with E-state index in [-0.39, 0.29) is 41.6 Å². The molecule has 1 aliphatic rings. The van der Waals surface area contributed by atoms with Gasteiger partial charge in [-0.05, 0) is 55.2 Å². The summed E-state index contributed by atoms with van der Waals surface area (Å²) in [4.78, 5) is 16.7. The lowest BCUT2D eigenvalue weighted by Crippen LogP contribution is -2.36. The minimum Gasteiger partial charge on any atom is -0.357 e. The third-order valence-corrected chi connectivity index (χ3v) is 4.81. The molecule has 1 fully saturated rings. The Balaban J connectivity index is 0.00000300. The van der Waals surface area contributed by atoms with Crippen LogP contribution in [0.25, 0.3) is 0 Å². The maximum atomic E-state index is 13.0. The standard InChI is InChI=1S/C22H27FN4O.HI/c1-2-24-22(25-14-16-9-11-19(23)12-10-16)26-15-17-5-3-8-20(13-17)27-21(28)18-6-4-7-18;/h3,5,8-13,18H,2,4,6-7,14-15H2,1H3,(H,27,28)(H2,24,25,26);1H. The predicted molar refractivity (Wildman–Crippen MR) is 126 cm³/mol. The van der Waals surface area contributed by atoms with Crippen LogP contribution in [0.4, 0.5) is 10.1 Å². The fourth-order valence-corrected chi connectivity index (χ4v) is 2.96. The Morgan fingerprint density at radius 3 is 2.52 bits per heavy atom. The van der Waals surface area contributed by atoms with Crippen molar-refractivity contribution in [1.29, 1.82) is 0 Å².